The molecule has 0 aromatic rings. The first-order valence-electron chi connectivity index (χ1n) is 5.39. The Hall–Kier alpha value is -1.14. The van der Waals surface area contributed by atoms with Crippen molar-refractivity contribution in [2.24, 2.45) is 11.5 Å². The zero-order valence-corrected chi connectivity index (χ0v) is 9.32. The third-order valence-electron chi connectivity index (χ3n) is 2.34. The number of primary amides is 2. The van der Waals surface area contributed by atoms with Crippen LogP contribution in [0, 0.1) is 0 Å². The smallest absolute Gasteiger partial charge is 0.277 e. The van der Waals surface area contributed by atoms with Gasteiger partial charge in [0.1, 0.15) is 0 Å². The number of hydrogen-bond donors (Lipinski definition) is 4. The molecule has 0 spiro atoms. The van der Waals surface area contributed by atoms with Crippen LogP contribution in [0.25, 0.3) is 0 Å². The average molecular weight is 232 g/mol. The summed E-state index contributed by atoms with van der Waals surface area (Å²) >= 11 is 0. The summed E-state index contributed by atoms with van der Waals surface area (Å²) in [7, 11) is 0. The van der Waals surface area contributed by atoms with E-state index in [4.69, 9.17) is 21.7 Å². The van der Waals surface area contributed by atoms with Gasteiger partial charge in [0.25, 0.3) is 5.91 Å². The van der Waals surface area contributed by atoms with Crippen molar-refractivity contribution in [3.63, 3.8) is 0 Å². The van der Waals surface area contributed by atoms with Gasteiger partial charge in [0, 0.05) is 12.8 Å². The second-order valence-electron chi connectivity index (χ2n) is 3.91. The lowest BCUT2D eigenvalue weighted by atomic mass is 10.0. The predicted molar refractivity (Wildman–Crippen MR) is 57.9 cm³/mol. The molecular formula is C10H20N2O4. The standard InChI is InChI=1S/C10H20N2O4/c11-8(13)6-4-2-1-3-5-7-10(15,16)9(12)14/h15-16H,1-7H2,(H2,11,13)(H2,12,14). The van der Waals surface area contributed by atoms with Crippen molar-refractivity contribution >= 4 is 11.8 Å². The van der Waals surface area contributed by atoms with Crippen LogP contribution in [0.3, 0.4) is 0 Å². The number of unbranched alkanes of at least 4 members (excludes halogenated alkanes) is 4. The lowest BCUT2D eigenvalue weighted by molar-refractivity contribution is -0.184. The van der Waals surface area contributed by atoms with Gasteiger partial charge in [0.15, 0.2) is 0 Å². The maximum Gasteiger partial charge on any atom is 0.277 e. The summed E-state index contributed by atoms with van der Waals surface area (Å²) in [5.41, 5.74) is 9.74. The van der Waals surface area contributed by atoms with Crippen molar-refractivity contribution in [3.05, 3.63) is 0 Å². The van der Waals surface area contributed by atoms with E-state index in [-0.39, 0.29) is 12.3 Å². The van der Waals surface area contributed by atoms with Gasteiger partial charge >= 0.3 is 0 Å². The molecule has 0 unspecified atom stereocenters. The molecule has 0 aromatic carbocycles. The molecule has 0 fully saturated rings. The second-order valence-corrected chi connectivity index (χ2v) is 3.91. The van der Waals surface area contributed by atoms with E-state index in [1.165, 1.54) is 0 Å². The molecule has 0 heterocycles. The van der Waals surface area contributed by atoms with E-state index in [0.29, 0.717) is 12.8 Å². The first-order chi connectivity index (χ1) is 7.36. The summed E-state index contributed by atoms with van der Waals surface area (Å²) in [6.45, 7) is 0. The molecule has 0 aliphatic carbocycles. The van der Waals surface area contributed by atoms with E-state index >= 15 is 0 Å². The molecule has 0 saturated carbocycles. The largest absolute Gasteiger partial charge is 0.370 e. The van der Waals surface area contributed by atoms with E-state index in [0.717, 1.165) is 25.7 Å². The fraction of sp³-hybridized carbons (Fsp3) is 0.800. The van der Waals surface area contributed by atoms with Gasteiger partial charge in [-0.2, -0.15) is 0 Å². The lowest BCUT2D eigenvalue weighted by Gasteiger charge is -2.16. The number of carbonyl (C=O) groups is 2. The van der Waals surface area contributed by atoms with Gasteiger partial charge in [-0.1, -0.05) is 19.3 Å². The highest BCUT2D eigenvalue weighted by atomic mass is 16.5. The molecule has 0 rings (SSSR count). The zero-order valence-electron chi connectivity index (χ0n) is 9.32. The molecule has 0 aliphatic heterocycles. The maximum absolute atomic E-state index is 10.5. The molecule has 0 atom stereocenters. The third kappa shape index (κ3) is 7.19. The summed E-state index contributed by atoms with van der Waals surface area (Å²) in [4.78, 5) is 20.9. The van der Waals surface area contributed by atoms with E-state index in [9.17, 15) is 9.59 Å². The normalized spacial score (nSPS) is 11.4. The van der Waals surface area contributed by atoms with E-state index in [1.807, 2.05) is 0 Å². The van der Waals surface area contributed by atoms with Gasteiger partial charge in [-0.3, -0.25) is 9.59 Å². The van der Waals surface area contributed by atoms with Crippen molar-refractivity contribution in [3.8, 4) is 0 Å². The molecule has 16 heavy (non-hydrogen) atoms. The Morgan fingerprint density at radius 2 is 1.44 bits per heavy atom. The third-order valence-corrected chi connectivity index (χ3v) is 2.34. The van der Waals surface area contributed by atoms with Crippen LogP contribution in [-0.2, 0) is 9.59 Å². The maximum atomic E-state index is 10.5. The van der Waals surface area contributed by atoms with E-state index < -0.39 is 11.7 Å². The molecule has 94 valence electrons. The van der Waals surface area contributed by atoms with Gasteiger partial charge in [0.2, 0.25) is 11.7 Å². The topological polar surface area (TPSA) is 127 Å². The Bertz CT molecular complexity index is 241. The summed E-state index contributed by atoms with van der Waals surface area (Å²) in [5.74, 6) is -3.83. The molecule has 6 N–H and O–H groups in total. The molecule has 0 bridgehead atoms. The quantitative estimate of drug-likeness (QED) is 0.312. The van der Waals surface area contributed by atoms with E-state index in [1.54, 1.807) is 0 Å². The minimum Gasteiger partial charge on any atom is -0.370 e. The van der Waals surface area contributed by atoms with E-state index in [2.05, 4.69) is 0 Å². The highest BCUT2D eigenvalue weighted by molar-refractivity contribution is 5.81. The second kappa shape index (κ2) is 7.19. The van der Waals surface area contributed by atoms with Crippen molar-refractivity contribution in [2.75, 3.05) is 0 Å². The van der Waals surface area contributed by atoms with Crippen LogP contribution in [0.5, 0.6) is 0 Å². The minimum absolute atomic E-state index is 0.0574. The molecule has 0 aromatic heterocycles. The number of amides is 2. The van der Waals surface area contributed by atoms with Crippen molar-refractivity contribution in [2.45, 2.75) is 50.7 Å². The number of hydrogen-bond acceptors (Lipinski definition) is 4. The molecule has 6 heteroatoms. The van der Waals surface area contributed by atoms with Crippen LogP contribution in [0.2, 0.25) is 0 Å². The monoisotopic (exact) mass is 232 g/mol. The van der Waals surface area contributed by atoms with Crippen LogP contribution in [0.1, 0.15) is 44.9 Å². The molecule has 2 amide bonds. The average Bonchev–Trinajstić information content (AvgIpc) is 2.15. The van der Waals surface area contributed by atoms with Crippen LogP contribution < -0.4 is 11.5 Å². The number of nitrogens with two attached hydrogens (primary N) is 2. The van der Waals surface area contributed by atoms with Gasteiger partial charge in [0.05, 0.1) is 0 Å². The van der Waals surface area contributed by atoms with Crippen molar-refractivity contribution in [1.82, 2.24) is 0 Å². The summed E-state index contributed by atoms with van der Waals surface area (Å²) in [6, 6.07) is 0. The van der Waals surface area contributed by atoms with Gasteiger partial charge in [-0.25, -0.2) is 0 Å². The fourth-order valence-corrected chi connectivity index (χ4v) is 1.32. The molecular weight excluding hydrogens is 212 g/mol. The Labute approximate surface area is 94.6 Å². The van der Waals surface area contributed by atoms with Gasteiger partial charge in [-0.05, 0) is 12.8 Å². The Kier molecular flexibility index (Phi) is 6.67. The van der Waals surface area contributed by atoms with Crippen molar-refractivity contribution in [1.29, 1.82) is 0 Å². The summed E-state index contributed by atoms with van der Waals surface area (Å²) in [6.07, 6.45) is 4.06. The van der Waals surface area contributed by atoms with Gasteiger partial charge in [-0.15, -0.1) is 0 Å². The number of aliphatic hydroxyl groups is 2. The Morgan fingerprint density at radius 3 is 1.94 bits per heavy atom. The Morgan fingerprint density at radius 1 is 0.938 bits per heavy atom. The molecule has 0 aliphatic rings. The van der Waals surface area contributed by atoms with Crippen LogP contribution >= 0.6 is 0 Å². The highest BCUT2D eigenvalue weighted by Gasteiger charge is 2.29. The van der Waals surface area contributed by atoms with Gasteiger partial charge < -0.3 is 21.7 Å². The SMILES string of the molecule is NC(=O)CCCCCCCC(O)(O)C(N)=O. The predicted octanol–water partition coefficient (Wildman–Crippen LogP) is -0.631. The minimum atomic E-state index is -2.40. The fourth-order valence-electron chi connectivity index (χ4n) is 1.32. The van der Waals surface area contributed by atoms with Crippen molar-refractivity contribution < 1.29 is 19.8 Å². The van der Waals surface area contributed by atoms with Crippen LogP contribution in [0.4, 0.5) is 0 Å². The summed E-state index contributed by atoms with van der Waals surface area (Å²) in [5, 5.41) is 18.2. The first-order valence-corrected chi connectivity index (χ1v) is 5.39. The van der Waals surface area contributed by atoms with Crippen LogP contribution in [-0.4, -0.2) is 27.8 Å². The lowest BCUT2D eigenvalue weighted by Crippen LogP contribution is -2.43. The Balaban J connectivity index is 3.40. The first kappa shape index (κ1) is 14.9. The summed E-state index contributed by atoms with van der Waals surface area (Å²) < 4.78 is 0. The molecule has 6 nitrogen and oxygen atoms in total. The molecule has 0 saturated heterocycles. The van der Waals surface area contributed by atoms with Crippen LogP contribution in [0.15, 0.2) is 0 Å². The highest BCUT2D eigenvalue weighted by Crippen LogP contribution is 2.13. The zero-order chi connectivity index (χ0) is 12.6. The number of rotatable bonds is 9. The molecule has 0 radical (unpaired) electrons. The number of carbonyl (C=O) groups excluding carboxylic acids is 2.